The number of nitrogens with one attached hydrogen (secondary N) is 1. The highest BCUT2D eigenvalue weighted by molar-refractivity contribution is 14.1. The van der Waals surface area contributed by atoms with Gasteiger partial charge in [0.25, 0.3) is 0 Å². The van der Waals surface area contributed by atoms with E-state index in [-0.39, 0.29) is 6.04 Å². The molecule has 2 aliphatic carbocycles. The molecule has 0 spiro atoms. The molecule has 1 aromatic heterocycles. The van der Waals surface area contributed by atoms with Gasteiger partial charge in [0.05, 0.1) is 20.3 Å². The van der Waals surface area contributed by atoms with Crippen LogP contribution in [0.15, 0.2) is 36.5 Å². The SMILES string of the molecule is COc1ccc(CN(CC2CC2)C(=S)NC2CCc3c2cc(I)c2cc(Cl)ncc32)c(OC)c1. The summed E-state index contributed by atoms with van der Waals surface area (Å²) in [6, 6.07) is 10.4. The average molecular weight is 608 g/mol. The van der Waals surface area contributed by atoms with Crippen molar-refractivity contribution in [2.45, 2.75) is 38.3 Å². The molecule has 1 saturated carbocycles. The summed E-state index contributed by atoms with van der Waals surface area (Å²) in [5, 5.41) is 7.39. The lowest BCUT2D eigenvalue weighted by molar-refractivity contribution is 0.358. The van der Waals surface area contributed by atoms with E-state index in [1.54, 1.807) is 14.2 Å². The number of thiocarbonyl (C=S) groups is 1. The maximum Gasteiger partial charge on any atom is 0.169 e. The molecule has 0 amide bonds. The van der Waals surface area contributed by atoms with Gasteiger partial charge in [-0.05, 0) is 107 Å². The first kappa shape index (κ1) is 23.9. The summed E-state index contributed by atoms with van der Waals surface area (Å²) in [6.07, 6.45) is 6.46. The Morgan fingerprint density at radius 2 is 2.00 bits per heavy atom. The van der Waals surface area contributed by atoms with Crippen LogP contribution in [0.1, 0.15) is 42.0 Å². The summed E-state index contributed by atoms with van der Waals surface area (Å²) in [4.78, 5) is 6.64. The molecule has 3 aromatic rings. The first-order valence-electron chi connectivity index (χ1n) is 11.5. The van der Waals surface area contributed by atoms with E-state index in [2.05, 4.69) is 49.9 Å². The molecule has 5 nitrogen and oxygen atoms in total. The average Bonchev–Trinajstić information content (AvgIpc) is 3.58. The molecule has 1 fully saturated rings. The zero-order valence-corrected chi connectivity index (χ0v) is 23.0. The predicted octanol–water partition coefficient (Wildman–Crippen LogP) is 6.28. The fourth-order valence-electron chi connectivity index (χ4n) is 4.77. The Labute approximate surface area is 224 Å². The lowest BCUT2D eigenvalue weighted by Gasteiger charge is -2.29. The maximum atomic E-state index is 6.16. The van der Waals surface area contributed by atoms with E-state index in [0.717, 1.165) is 41.6 Å². The molecule has 8 heteroatoms. The van der Waals surface area contributed by atoms with E-state index in [0.29, 0.717) is 17.6 Å². The largest absolute Gasteiger partial charge is 0.497 e. The highest BCUT2D eigenvalue weighted by Gasteiger charge is 2.30. The number of hydrogen-bond donors (Lipinski definition) is 1. The zero-order chi connectivity index (χ0) is 23.8. The third-order valence-corrected chi connectivity index (χ3v) is 8.23. The van der Waals surface area contributed by atoms with Crippen molar-refractivity contribution in [3.8, 4) is 11.5 Å². The second-order valence-corrected chi connectivity index (χ2v) is 11.0. The summed E-state index contributed by atoms with van der Waals surface area (Å²) in [5.74, 6) is 2.32. The first-order chi connectivity index (χ1) is 16.5. The zero-order valence-electron chi connectivity index (χ0n) is 19.2. The van der Waals surface area contributed by atoms with Crippen LogP contribution in [0.2, 0.25) is 5.15 Å². The topological polar surface area (TPSA) is 46.6 Å². The van der Waals surface area contributed by atoms with Gasteiger partial charge in [-0.2, -0.15) is 0 Å². The van der Waals surface area contributed by atoms with Crippen molar-refractivity contribution in [2.24, 2.45) is 5.92 Å². The van der Waals surface area contributed by atoms with Gasteiger partial charge in [-0.15, -0.1) is 0 Å². The molecule has 0 aliphatic heterocycles. The minimum absolute atomic E-state index is 0.190. The summed E-state index contributed by atoms with van der Waals surface area (Å²) < 4.78 is 12.2. The van der Waals surface area contributed by atoms with Gasteiger partial charge in [-0.1, -0.05) is 11.6 Å². The summed E-state index contributed by atoms with van der Waals surface area (Å²) in [6.45, 7) is 1.66. The number of aromatic nitrogens is 1. The van der Waals surface area contributed by atoms with Crippen molar-refractivity contribution in [1.29, 1.82) is 0 Å². The van der Waals surface area contributed by atoms with Crippen LogP contribution in [0, 0.1) is 9.49 Å². The van der Waals surface area contributed by atoms with Crippen LogP contribution in [0.5, 0.6) is 11.5 Å². The highest BCUT2D eigenvalue weighted by Crippen LogP contribution is 2.39. The van der Waals surface area contributed by atoms with Gasteiger partial charge in [0.1, 0.15) is 16.7 Å². The Kier molecular flexibility index (Phi) is 7.04. The van der Waals surface area contributed by atoms with Crippen molar-refractivity contribution in [3.63, 3.8) is 0 Å². The lowest BCUT2D eigenvalue weighted by Crippen LogP contribution is -2.41. The fraction of sp³-hybridized carbons (Fsp3) is 0.385. The third-order valence-electron chi connectivity index (χ3n) is 6.76. The smallest absolute Gasteiger partial charge is 0.169 e. The number of hydrogen-bond acceptors (Lipinski definition) is 4. The van der Waals surface area contributed by atoms with Gasteiger partial charge < -0.3 is 19.7 Å². The molecular weight excluding hydrogens is 581 g/mol. The Hall–Kier alpha value is -1.84. The highest BCUT2D eigenvalue weighted by atomic mass is 127. The normalized spacial score (nSPS) is 16.9. The van der Waals surface area contributed by atoms with E-state index in [9.17, 15) is 0 Å². The number of nitrogens with zero attached hydrogens (tertiary/aromatic N) is 2. The first-order valence-corrected chi connectivity index (χ1v) is 13.4. The second kappa shape index (κ2) is 10.0. The van der Waals surface area contributed by atoms with E-state index in [4.69, 9.17) is 33.3 Å². The standard InChI is InChI=1S/C26H27ClIN3O2S/c1-32-17-6-5-16(24(9-17)33-2)14-31(13-15-3-4-15)26(34)30-23-8-7-18-20(23)10-22(28)19-11-25(27)29-12-21(18)19/h5-6,9-12,15,23H,3-4,7-8,13-14H2,1-2H3,(H,30,34). The monoisotopic (exact) mass is 607 g/mol. The van der Waals surface area contributed by atoms with Crippen molar-refractivity contribution < 1.29 is 9.47 Å². The molecule has 1 N–H and O–H groups in total. The quantitative estimate of drug-likeness (QED) is 0.194. The molecule has 178 valence electrons. The third kappa shape index (κ3) is 4.93. The summed E-state index contributed by atoms with van der Waals surface area (Å²) >= 11 is 14.5. The number of rotatable bonds is 7. The minimum atomic E-state index is 0.190. The van der Waals surface area contributed by atoms with E-state index >= 15 is 0 Å². The van der Waals surface area contributed by atoms with E-state index < -0.39 is 0 Å². The number of halogens is 2. The maximum absolute atomic E-state index is 6.16. The van der Waals surface area contributed by atoms with Crippen molar-refractivity contribution in [3.05, 3.63) is 61.9 Å². The van der Waals surface area contributed by atoms with Gasteiger partial charge in [0.15, 0.2) is 5.11 Å². The van der Waals surface area contributed by atoms with E-state index in [1.165, 1.54) is 38.3 Å². The molecule has 1 atom stereocenters. The van der Waals surface area contributed by atoms with E-state index in [1.807, 2.05) is 24.4 Å². The van der Waals surface area contributed by atoms with Gasteiger partial charge in [0, 0.05) is 39.9 Å². The molecule has 1 heterocycles. The lowest BCUT2D eigenvalue weighted by atomic mass is 10.0. The Morgan fingerprint density at radius 3 is 2.74 bits per heavy atom. The van der Waals surface area contributed by atoms with Crippen LogP contribution in [0.3, 0.4) is 0 Å². The molecule has 0 saturated heterocycles. The number of benzene rings is 2. The molecule has 5 rings (SSSR count). The molecule has 2 aliphatic rings. The fourth-order valence-corrected chi connectivity index (χ4v) is 5.99. The summed E-state index contributed by atoms with van der Waals surface area (Å²) in [5.41, 5.74) is 3.77. The molecule has 2 aromatic carbocycles. The van der Waals surface area contributed by atoms with Crippen molar-refractivity contribution >= 4 is 62.3 Å². The predicted molar refractivity (Wildman–Crippen MR) is 149 cm³/mol. The van der Waals surface area contributed by atoms with Crippen LogP contribution in [-0.2, 0) is 13.0 Å². The number of fused-ring (bicyclic) bond motifs is 3. The number of methoxy groups -OCH3 is 2. The van der Waals surface area contributed by atoms with Crippen LogP contribution in [-0.4, -0.2) is 35.8 Å². The second-order valence-electron chi connectivity index (χ2n) is 9.02. The minimum Gasteiger partial charge on any atom is -0.497 e. The van der Waals surface area contributed by atoms with Gasteiger partial charge in [0.2, 0.25) is 0 Å². The van der Waals surface area contributed by atoms with Gasteiger partial charge in [-0.3, -0.25) is 0 Å². The van der Waals surface area contributed by atoms with Crippen LogP contribution in [0.25, 0.3) is 10.8 Å². The Bertz CT molecular complexity index is 1250. The molecule has 1 unspecified atom stereocenters. The Balaban J connectivity index is 1.38. The van der Waals surface area contributed by atoms with Crippen LogP contribution >= 0.6 is 46.4 Å². The van der Waals surface area contributed by atoms with Crippen molar-refractivity contribution in [1.82, 2.24) is 15.2 Å². The molecule has 34 heavy (non-hydrogen) atoms. The van der Waals surface area contributed by atoms with Crippen LogP contribution in [0.4, 0.5) is 0 Å². The Morgan fingerprint density at radius 1 is 1.18 bits per heavy atom. The number of pyridine rings is 1. The van der Waals surface area contributed by atoms with Crippen molar-refractivity contribution in [2.75, 3.05) is 20.8 Å². The number of ether oxygens (including phenoxy) is 2. The van der Waals surface area contributed by atoms with Gasteiger partial charge in [-0.25, -0.2) is 4.98 Å². The molecule has 0 radical (unpaired) electrons. The molecule has 0 bridgehead atoms. The number of aryl methyl sites for hydroxylation is 1. The molecular formula is C26H27ClIN3O2S. The summed E-state index contributed by atoms with van der Waals surface area (Å²) in [7, 11) is 3.37. The van der Waals surface area contributed by atoms with Crippen LogP contribution < -0.4 is 14.8 Å². The van der Waals surface area contributed by atoms with Gasteiger partial charge >= 0.3 is 0 Å².